The molecule has 0 fully saturated rings. The van der Waals surface area contributed by atoms with Gasteiger partial charge in [-0.3, -0.25) is 5.32 Å². The maximum atomic E-state index is 12.1. The second-order valence-electron chi connectivity index (χ2n) is 4.54. The summed E-state index contributed by atoms with van der Waals surface area (Å²) in [6, 6.07) is 0.535. The molecule has 0 aliphatic carbocycles. The molecule has 0 radical (unpaired) electrons. The minimum Gasteiger partial charge on any atom is -0.465 e. The molecule has 4 N–H and O–H groups in total. The molecular weight excluding hydrogens is 326 g/mol. The largest absolute Gasteiger partial charge is 0.465 e. The highest BCUT2D eigenvalue weighted by molar-refractivity contribution is 7.94. The van der Waals surface area contributed by atoms with Crippen LogP contribution in [-0.4, -0.2) is 37.5 Å². The van der Waals surface area contributed by atoms with E-state index in [1.165, 1.54) is 6.92 Å². The lowest BCUT2D eigenvalue weighted by Gasteiger charge is -2.11. The van der Waals surface area contributed by atoms with E-state index in [-0.39, 0.29) is 11.6 Å². The number of hydrogen-bond donors (Lipinski definition) is 3. The lowest BCUT2D eigenvalue weighted by molar-refractivity contribution is -0.135. The molecule has 23 heavy (non-hydrogen) atoms. The van der Waals surface area contributed by atoms with E-state index in [1.54, 1.807) is 24.6 Å². The zero-order valence-electron chi connectivity index (χ0n) is 13.0. The Morgan fingerprint density at radius 1 is 1.22 bits per heavy atom. The average molecular weight is 343 g/mol. The van der Waals surface area contributed by atoms with Crippen molar-refractivity contribution in [2.75, 3.05) is 12.4 Å². The van der Waals surface area contributed by atoms with Gasteiger partial charge in [-0.05, 0) is 26.8 Å². The van der Waals surface area contributed by atoms with Crippen LogP contribution in [0.4, 0.5) is 10.7 Å². The second kappa shape index (κ2) is 7.05. The normalized spacial score (nSPS) is 12.2. The Kier molecular flexibility index (Phi) is 5.62. The summed E-state index contributed by atoms with van der Waals surface area (Å²) in [7, 11) is -3.52. The van der Waals surface area contributed by atoms with Gasteiger partial charge < -0.3 is 10.5 Å². The Balaban J connectivity index is 2.99. The van der Waals surface area contributed by atoms with Gasteiger partial charge >= 0.3 is 12.0 Å². The highest BCUT2D eigenvalue weighted by atomic mass is 32.2. The van der Waals surface area contributed by atoms with Crippen molar-refractivity contribution in [2.24, 2.45) is 5.73 Å². The number of allylic oxidation sites excluding steroid dienone is 1. The Bertz CT molecular complexity index is 748. The number of aromatic nitrogens is 2. The molecule has 0 bridgehead atoms. The van der Waals surface area contributed by atoms with Crippen molar-refractivity contribution in [1.82, 2.24) is 14.7 Å². The van der Waals surface area contributed by atoms with Gasteiger partial charge in [0.05, 0.1) is 7.11 Å². The number of urea groups is 1. The number of amides is 2. The lowest BCUT2D eigenvalue weighted by atomic mass is 10.4. The number of nitrogens with two attached hydrogens (primary N) is 1. The van der Waals surface area contributed by atoms with Crippen molar-refractivity contribution in [3.8, 4) is 0 Å². The Morgan fingerprint density at radius 3 is 2.17 bits per heavy atom. The zero-order valence-corrected chi connectivity index (χ0v) is 13.8. The Hall–Kier alpha value is -2.69. The topological polar surface area (TPSA) is 153 Å². The smallest absolute Gasteiger partial charge is 0.353 e. The standard InChI is InChI=1S/C12H17N5O5S/c1-6-5-7(2)15-11(14-6)16-12(19)17-23(20,21)9(8(3)13)10(18)22-4/h5H,13H2,1-4H3,(H2,14,15,16,17,19)/b9-8+. The number of ether oxygens (including phenoxy) is 1. The first-order chi connectivity index (χ1) is 10.6. The van der Waals surface area contributed by atoms with Crippen molar-refractivity contribution in [3.63, 3.8) is 0 Å². The van der Waals surface area contributed by atoms with Crippen LogP contribution < -0.4 is 15.8 Å². The molecule has 0 aromatic carbocycles. The van der Waals surface area contributed by atoms with E-state index in [4.69, 9.17) is 5.73 Å². The number of hydrogen-bond acceptors (Lipinski definition) is 8. The first-order valence-corrected chi connectivity index (χ1v) is 7.76. The third kappa shape index (κ3) is 4.92. The van der Waals surface area contributed by atoms with E-state index in [2.05, 4.69) is 20.0 Å². The maximum Gasteiger partial charge on any atom is 0.353 e. The van der Waals surface area contributed by atoms with Crippen LogP contribution in [0.3, 0.4) is 0 Å². The van der Waals surface area contributed by atoms with E-state index < -0.39 is 26.9 Å². The number of carbonyl (C=O) groups excluding carboxylic acids is 2. The van der Waals surface area contributed by atoms with Crippen LogP contribution in [-0.2, 0) is 19.6 Å². The molecule has 11 heteroatoms. The minimum atomic E-state index is -4.51. The molecule has 0 atom stereocenters. The van der Waals surface area contributed by atoms with E-state index in [0.717, 1.165) is 7.11 Å². The number of nitrogens with one attached hydrogen (secondary N) is 2. The number of aryl methyl sites for hydroxylation is 2. The van der Waals surface area contributed by atoms with Gasteiger partial charge in [-0.15, -0.1) is 0 Å². The predicted molar refractivity (Wildman–Crippen MR) is 81.5 cm³/mol. The number of nitrogens with zero attached hydrogens (tertiary/aromatic N) is 2. The van der Waals surface area contributed by atoms with Crippen molar-refractivity contribution >= 4 is 28.0 Å². The molecule has 0 aliphatic rings. The summed E-state index contributed by atoms with van der Waals surface area (Å²) in [5.74, 6) is -1.27. The number of anilines is 1. The third-order valence-corrected chi connectivity index (χ3v) is 3.91. The molecule has 0 spiro atoms. The summed E-state index contributed by atoms with van der Waals surface area (Å²) in [5.41, 5.74) is 6.22. The van der Waals surface area contributed by atoms with Crippen molar-refractivity contribution in [2.45, 2.75) is 20.8 Å². The fourth-order valence-electron chi connectivity index (χ4n) is 1.66. The number of esters is 1. The fraction of sp³-hybridized carbons (Fsp3) is 0.333. The summed E-state index contributed by atoms with van der Waals surface area (Å²) < 4.78 is 30.1. The quantitative estimate of drug-likeness (QED) is 0.506. The highest BCUT2D eigenvalue weighted by Crippen LogP contribution is 2.10. The second-order valence-corrected chi connectivity index (χ2v) is 6.16. The van der Waals surface area contributed by atoms with E-state index >= 15 is 0 Å². The van der Waals surface area contributed by atoms with Gasteiger partial charge in [0.25, 0.3) is 10.0 Å². The molecular formula is C12H17N5O5S. The van der Waals surface area contributed by atoms with Crippen molar-refractivity contribution in [3.05, 3.63) is 28.1 Å². The number of methoxy groups -OCH3 is 1. The minimum absolute atomic E-state index is 0.0803. The van der Waals surface area contributed by atoms with Gasteiger partial charge in [-0.2, -0.15) is 0 Å². The van der Waals surface area contributed by atoms with Gasteiger partial charge in [0.15, 0.2) is 4.91 Å². The van der Waals surface area contributed by atoms with Crippen LogP contribution in [0.1, 0.15) is 18.3 Å². The lowest BCUT2D eigenvalue weighted by Crippen LogP contribution is -2.38. The van der Waals surface area contributed by atoms with Crippen LogP contribution in [0, 0.1) is 13.8 Å². The average Bonchev–Trinajstić information content (AvgIpc) is 2.35. The summed E-state index contributed by atoms with van der Waals surface area (Å²) in [5, 5.41) is 2.16. The van der Waals surface area contributed by atoms with Gasteiger partial charge in [-0.25, -0.2) is 32.7 Å². The molecule has 0 saturated heterocycles. The predicted octanol–water partition coefficient (Wildman–Crippen LogP) is -0.0921. The molecule has 0 saturated carbocycles. The molecule has 1 aromatic rings. The SMILES string of the molecule is COC(=O)/C(=C(/C)N)S(=O)(=O)NC(=O)Nc1nc(C)cc(C)n1. The van der Waals surface area contributed by atoms with Crippen LogP contribution in [0.2, 0.25) is 0 Å². The number of carbonyl (C=O) groups is 2. The monoisotopic (exact) mass is 343 g/mol. The third-order valence-electron chi connectivity index (χ3n) is 2.43. The summed E-state index contributed by atoms with van der Waals surface area (Å²) in [6.07, 6.45) is 0. The molecule has 1 rings (SSSR count). The van der Waals surface area contributed by atoms with Gasteiger partial charge in [0.2, 0.25) is 5.95 Å². The molecule has 0 unspecified atom stereocenters. The zero-order chi connectivity index (χ0) is 17.8. The molecule has 2 amide bonds. The fourth-order valence-corrected chi connectivity index (χ4v) is 2.78. The first kappa shape index (κ1) is 18.4. The molecule has 0 aliphatic heterocycles. The van der Waals surface area contributed by atoms with Crippen LogP contribution in [0.25, 0.3) is 0 Å². The number of rotatable bonds is 4. The maximum absolute atomic E-state index is 12.1. The van der Waals surface area contributed by atoms with Crippen LogP contribution in [0.5, 0.6) is 0 Å². The van der Waals surface area contributed by atoms with Gasteiger partial charge in [0, 0.05) is 17.1 Å². The first-order valence-electron chi connectivity index (χ1n) is 6.27. The van der Waals surface area contributed by atoms with Crippen molar-refractivity contribution in [1.29, 1.82) is 0 Å². The highest BCUT2D eigenvalue weighted by Gasteiger charge is 2.30. The Labute approximate surface area is 133 Å². The van der Waals surface area contributed by atoms with E-state index in [1.807, 2.05) is 0 Å². The molecule has 1 heterocycles. The van der Waals surface area contributed by atoms with E-state index in [0.29, 0.717) is 11.4 Å². The molecule has 10 nitrogen and oxygen atoms in total. The summed E-state index contributed by atoms with van der Waals surface area (Å²) in [4.78, 5) is 30.3. The van der Waals surface area contributed by atoms with Crippen LogP contribution in [0.15, 0.2) is 16.7 Å². The summed E-state index contributed by atoms with van der Waals surface area (Å²) >= 11 is 0. The summed E-state index contributed by atoms with van der Waals surface area (Å²) in [6.45, 7) is 4.56. The van der Waals surface area contributed by atoms with E-state index in [9.17, 15) is 18.0 Å². The number of sulfonamides is 1. The molecule has 126 valence electrons. The molecule has 1 aromatic heterocycles. The van der Waals surface area contributed by atoms with Crippen molar-refractivity contribution < 1.29 is 22.7 Å². The van der Waals surface area contributed by atoms with Gasteiger partial charge in [-0.1, -0.05) is 0 Å². The Morgan fingerprint density at radius 2 is 1.74 bits per heavy atom. The van der Waals surface area contributed by atoms with Gasteiger partial charge in [0.1, 0.15) is 0 Å². The van der Waals surface area contributed by atoms with Crippen LogP contribution >= 0.6 is 0 Å².